The van der Waals surface area contributed by atoms with Crippen LogP contribution in [0.15, 0.2) is 35.3 Å². The topological polar surface area (TPSA) is 49.3 Å². The van der Waals surface area contributed by atoms with Crippen LogP contribution in [0.25, 0.3) is 0 Å². The van der Waals surface area contributed by atoms with E-state index in [-0.39, 0.29) is 24.0 Å². The quantitative estimate of drug-likeness (QED) is 0.296. The van der Waals surface area contributed by atoms with Gasteiger partial charge in [-0.1, -0.05) is 18.2 Å². The molecule has 0 radical (unpaired) electrons. The summed E-state index contributed by atoms with van der Waals surface area (Å²) in [4.78, 5) is 9.39. The van der Waals surface area contributed by atoms with E-state index in [0.29, 0.717) is 12.6 Å². The van der Waals surface area contributed by atoms with Gasteiger partial charge >= 0.3 is 0 Å². The Hall–Kier alpha value is -1.06. The first-order valence-electron chi connectivity index (χ1n) is 9.32. The first-order chi connectivity index (χ1) is 12.4. The third-order valence-corrected chi connectivity index (χ3v) is 4.85. The summed E-state index contributed by atoms with van der Waals surface area (Å²) >= 11 is 0. The lowest BCUT2D eigenvalue weighted by Crippen LogP contribution is -2.46. The molecular formula is C19H31IN4O2. The summed E-state index contributed by atoms with van der Waals surface area (Å²) in [5.41, 5.74) is 0. The second-order valence-electron chi connectivity index (χ2n) is 6.53. The number of hydrogen-bond donors (Lipinski definition) is 1. The molecule has 0 aromatic heterocycles. The summed E-state index contributed by atoms with van der Waals surface area (Å²) in [6.45, 7) is 7.56. The van der Waals surface area contributed by atoms with Gasteiger partial charge in [-0.05, 0) is 25.0 Å². The molecule has 1 N–H and O–H groups in total. The highest BCUT2D eigenvalue weighted by Gasteiger charge is 2.30. The molecule has 0 spiro atoms. The van der Waals surface area contributed by atoms with E-state index in [1.165, 1.54) is 6.42 Å². The van der Waals surface area contributed by atoms with Gasteiger partial charge in [-0.2, -0.15) is 0 Å². The van der Waals surface area contributed by atoms with Crippen molar-refractivity contribution in [3.63, 3.8) is 0 Å². The molecule has 0 aliphatic carbocycles. The third-order valence-electron chi connectivity index (χ3n) is 4.85. The van der Waals surface area contributed by atoms with Crippen molar-refractivity contribution in [3.8, 4) is 5.75 Å². The molecule has 0 saturated carbocycles. The van der Waals surface area contributed by atoms with Crippen LogP contribution in [0.4, 0.5) is 0 Å². The fourth-order valence-electron chi connectivity index (χ4n) is 3.49. The minimum Gasteiger partial charge on any atom is -0.494 e. The highest BCUT2D eigenvalue weighted by atomic mass is 127. The van der Waals surface area contributed by atoms with Gasteiger partial charge in [0.1, 0.15) is 5.75 Å². The Bertz CT molecular complexity index is 538. The fourth-order valence-corrected chi connectivity index (χ4v) is 3.49. The molecule has 1 atom stereocenters. The molecule has 2 fully saturated rings. The van der Waals surface area contributed by atoms with Gasteiger partial charge in [0.05, 0.1) is 19.8 Å². The molecule has 3 rings (SSSR count). The van der Waals surface area contributed by atoms with Gasteiger partial charge in [0.15, 0.2) is 5.96 Å². The zero-order valence-electron chi connectivity index (χ0n) is 15.6. The van der Waals surface area contributed by atoms with Crippen LogP contribution in [0.2, 0.25) is 0 Å². The van der Waals surface area contributed by atoms with E-state index in [4.69, 9.17) is 9.47 Å². The molecule has 2 heterocycles. The van der Waals surface area contributed by atoms with Gasteiger partial charge in [-0.15, -0.1) is 24.0 Å². The average Bonchev–Trinajstić information content (AvgIpc) is 3.16. The lowest BCUT2D eigenvalue weighted by molar-refractivity contribution is 0.0195. The SMILES string of the molecule is CN=C(NCCCOc1ccccc1)N1CCC(N2CCOCC2)C1.I. The largest absolute Gasteiger partial charge is 0.494 e. The maximum atomic E-state index is 5.73. The monoisotopic (exact) mass is 474 g/mol. The molecule has 1 aromatic carbocycles. The average molecular weight is 474 g/mol. The van der Waals surface area contributed by atoms with Gasteiger partial charge < -0.3 is 19.7 Å². The number of nitrogens with one attached hydrogen (secondary N) is 1. The Morgan fingerprint density at radius 2 is 2.00 bits per heavy atom. The zero-order valence-corrected chi connectivity index (χ0v) is 17.9. The molecule has 1 unspecified atom stereocenters. The van der Waals surface area contributed by atoms with E-state index < -0.39 is 0 Å². The maximum Gasteiger partial charge on any atom is 0.193 e. The van der Waals surface area contributed by atoms with Gasteiger partial charge in [-0.3, -0.25) is 9.89 Å². The summed E-state index contributed by atoms with van der Waals surface area (Å²) in [6, 6.07) is 10.6. The minimum absolute atomic E-state index is 0. The Morgan fingerprint density at radius 3 is 2.73 bits per heavy atom. The number of morpholine rings is 1. The molecule has 2 aliphatic heterocycles. The van der Waals surface area contributed by atoms with Crippen molar-refractivity contribution < 1.29 is 9.47 Å². The Labute approximate surface area is 173 Å². The highest BCUT2D eigenvalue weighted by molar-refractivity contribution is 14.0. The molecule has 0 bridgehead atoms. The number of halogens is 1. The number of hydrogen-bond acceptors (Lipinski definition) is 4. The van der Waals surface area contributed by atoms with Crippen molar-refractivity contribution in [2.75, 3.05) is 59.6 Å². The first-order valence-corrected chi connectivity index (χ1v) is 9.32. The van der Waals surface area contributed by atoms with Gasteiger partial charge in [-0.25, -0.2) is 0 Å². The zero-order chi connectivity index (χ0) is 17.3. The molecular weight excluding hydrogens is 443 g/mol. The van der Waals surface area contributed by atoms with Crippen molar-refractivity contribution in [1.82, 2.24) is 15.1 Å². The van der Waals surface area contributed by atoms with E-state index in [9.17, 15) is 0 Å². The number of ether oxygens (including phenoxy) is 2. The van der Waals surface area contributed by atoms with Crippen molar-refractivity contribution in [1.29, 1.82) is 0 Å². The standard InChI is InChI=1S/C19H30N4O2.HI/c1-20-19(21-9-5-13-25-18-6-3-2-4-7-18)23-10-8-17(16-23)22-11-14-24-15-12-22;/h2-4,6-7,17H,5,8-16H2,1H3,(H,20,21);1H. The van der Waals surface area contributed by atoms with Crippen LogP contribution in [0.3, 0.4) is 0 Å². The van der Waals surface area contributed by atoms with E-state index in [1.807, 2.05) is 37.4 Å². The van der Waals surface area contributed by atoms with Crippen molar-refractivity contribution in [2.45, 2.75) is 18.9 Å². The number of guanidine groups is 1. The molecule has 146 valence electrons. The fraction of sp³-hybridized carbons (Fsp3) is 0.632. The Morgan fingerprint density at radius 1 is 1.23 bits per heavy atom. The normalized spacial score (nSPS) is 21.3. The van der Waals surface area contributed by atoms with Crippen molar-refractivity contribution in [3.05, 3.63) is 30.3 Å². The van der Waals surface area contributed by atoms with Gasteiger partial charge in [0, 0.05) is 45.8 Å². The van der Waals surface area contributed by atoms with Crippen LogP contribution < -0.4 is 10.1 Å². The predicted molar refractivity (Wildman–Crippen MR) is 116 cm³/mol. The van der Waals surface area contributed by atoms with E-state index in [2.05, 4.69) is 20.1 Å². The summed E-state index contributed by atoms with van der Waals surface area (Å²) in [5.74, 6) is 1.94. The summed E-state index contributed by atoms with van der Waals surface area (Å²) in [7, 11) is 1.87. The molecule has 2 aliphatic rings. The van der Waals surface area contributed by atoms with E-state index >= 15 is 0 Å². The summed E-state index contributed by atoms with van der Waals surface area (Å²) < 4.78 is 11.2. The maximum absolute atomic E-state index is 5.73. The van der Waals surface area contributed by atoms with Gasteiger partial charge in [0.25, 0.3) is 0 Å². The van der Waals surface area contributed by atoms with E-state index in [1.54, 1.807) is 0 Å². The molecule has 6 nitrogen and oxygen atoms in total. The van der Waals surface area contributed by atoms with Crippen molar-refractivity contribution in [2.24, 2.45) is 4.99 Å². The third kappa shape index (κ3) is 6.28. The number of aliphatic imine (C=N–C) groups is 1. The smallest absolute Gasteiger partial charge is 0.193 e. The predicted octanol–water partition coefficient (Wildman–Crippen LogP) is 2.06. The molecule has 26 heavy (non-hydrogen) atoms. The number of likely N-dealkylation sites (tertiary alicyclic amines) is 1. The van der Waals surface area contributed by atoms with Crippen LogP contribution >= 0.6 is 24.0 Å². The second-order valence-corrected chi connectivity index (χ2v) is 6.53. The van der Waals surface area contributed by atoms with Crippen molar-refractivity contribution >= 4 is 29.9 Å². The Kier molecular flexibility index (Phi) is 9.49. The second kappa shape index (κ2) is 11.6. The molecule has 2 saturated heterocycles. The molecule has 7 heteroatoms. The highest BCUT2D eigenvalue weighted by Crippen LogP contribution is 2.17. The Balaban J connectivity index is 0.00000243. The number of nitrogens with zero attached hydrogens (tertiary/aromatic N) is 3. The lowest BCUT2D eigenvalue weighted by Gasteiger charge is -2.32. The minimum atomic E-state index is 0. The first kappa shape index (κ1) is 21.2. The van der Waals surface area contributed by atoms with Gasteiger partial charge in [0.2, 0.25) is 0 Å². The number of benzene rings is 1. The summed E-state index contributed by atoms with van der Waals surface area (Å²) in [5, 5.41) is 3.47. The van der Waals surface area contributed by atoms with Crippen LogP contribution in [0.5, 0.6) is 5.75 Å². The lowest BCUT2D eigenvalue weighted by atomic mass is 10.2. The van der Waals surface area contributed by atoms with Crippen LogP contribution in [0.1, 0.15) is 12.8 Å². The number of rotatable bonds is 6. The molecule has 1 aromatic rings. The van der Waals surface area contributed by atoms with Crippen LogP contribution in [-0.2, 0) is 4.74 Å². The summed E-state index contributed by atoms with van der Waals surface area (Å²) in [6.07, 6.45) is 2.16. The number of para-hydroxylation sites is 1. The molecule has 0 amide bonds. The van der Waals surface area contributed by atoms with Crippen LogP contribution in [-0.4, -0.2) is 81.4 Å². The van der Waals surface area contributed by atoms with E-state index in [0.717, 1.165) is 64.1 Å². The van der Waals surface area contributed by atoms with Crippen LogP contribution in [0, 0.1) is 0 Å².